The Morgan fingerprint density at radius 1 is 1.09 bits per heavy atom. The van der Waals surface area contributed by atoms with E-state index < -0.39 is 40.0 Å². The molecule has 0 unspecified atom stereocenters. The Bertz CT molecular complexity index is 1200. The van der Waals surface area contributed by atoms with Gasteiger partial charge in [-0.1, -0.05) is 54.1 Å². The van der Waals surface area contributed by atoms with E-state index in [-0.39, 0.29) is 12.3 Å². The number of hydrogen-bond acceptors (Lipinski definition) is 3. The highest BCUT2D eigenvalue weighted by atomic mass is 32.2. The molecule has 6 rings (SSSR count). The Kier molecular flexibility index (Phi) is 5.17. The zero-order chi connectivity index (χ0) is 23.6. The summed E-state index contributed by atoms with van der Waals surface area (Å²) in [6.45, 7) is 1.25. The number of rotatable bonds is 6. The standard InChI is InChI=1S/C25H28F2N2O3S/c1-16-5-3-7-19(9-16)20-8-4-6-17(10-20)11-21-22(28-33(2,31)32)25(26,27)15-29(21)23(30)24-12-18(13-24)14-24/h3-10,18,21-22,28H,11-15H2,1-2H3/t18?,21-,22+,24?/m0/s1. The summed E-state index contributed by atoms with van der Waals surface area (Å²) in [5, 5.41) is 0. The van der Waals surface area contributed by atoms with Crippen LogP contribution in [-0.2, 0) is 21.2 Å². The quantitative estimate of drug-likeness (QED) is 0.693. The van der Waals surface area contributed by atoms with Crippen LogP contribution in [0.4, 0.5) is 8.78 Å². The van der Waals surface area contributed by atoms with Gasteiger partial charge in [-0.25, -0.2) is 21.9 Å². The highest BCUT2D eigenvalue weighted by Crippen LogP contribution is 2.65. The summed E-state index contributed by atoms with van der Waals surface area (Å²) < 4.78 is 56.2. The van der Waals surface area contributed by atoms with Crippen molar-refractivity contribution in [2.75, 3.05) is 12.8 Å². The van der Waals surface area contributed by atoms with Gasteiger partial charge in [0.2, 0.25) is 15.9 Å². The van der Waals surface area contributed by atoms with Crippen molar-refractivity contribution in [1.29, 1.82) is 0 Å². The molecule has 1 amide bonds. The molecule has 2 aromatic carbocycles. The monoisotopic (exact) mass is 474 g/mol. The van der Waals surface area contributed by atoms with Crippen LogP contribution >= 0.6 is 0 Å². The molecule has 33 heavy (non-hydrogen) atoms. The van der Waals surface area contributed by atoms with Crippen LogP contribution in [0.15, 0.2) is 48.5 Å². The second-order valence-corrected chi connectivity index (χ2v) is 11.9. The van der Waals surface area contributed by atoms with Crippen LogP contribution in [0.25, 0.3) is 11.1 Å². The molecule has 1 aliphatic heterocycles. The van der Waals surface area contributed by atoms with E-state index in [0.29, 0.717) is 5.92 Å². The summed E-state index contributed by atoms with van der Waals surface area (Å²) in [6, 6.07) is 13.0. The third kappa shape index (κ3) is 4.08. The predicted molar refractivity (Wildman–Crippen MR) is 122 cm³/mol. The third-order valence-corrected chi connectivity index (χ3v) is 8.12. The molecule has 4 fully saturated rings. The van der Waals surface area contributed by atoms with E-state index in [0.717, 1.165) is 47.8 Å². The maximum Gasteiger partial charge on any atom is 0.283 e. The molecule has 0 radical (unpaired) electrons. The van der Waals surface area contributed by atoms with E-state index in [1.165, 1.54) is 4.90 Å². The molecule has 176 valence electrons. The van der Waals surface area contributed by atoms with Gasteiger partial charge in [-0.3, -0.25) is 4.79 Å². The van der Waals surface area contributed by atoms with Gasteiger partial charge in [0, 0.05) is 0 Å². The first kappa shape index (κ1) is 22.5. The van der Waals surface area contributed by atoms with Gasteiger partial charge in [-0.2, -0.15) is 0 Å². The zero-order valence-corrected chi connectivity index (χ0v) is 19.5. The van der Waals surface area contributed by atoms with Gasteiger partial charge in [-0.05, 0) is 55.2 Å². The topological polar surface area (TPSA) is 66.5 Å². The Balaban J connectivity index is 1.48. The molecule has 3 aliphatic carbocycles. The molecule has 2 atom stereocenters. The molecular formula is C25H28F2N2O3S. The summed E-state index contributed by atoms with van der Waals surface area (Å²) in [5.41, 5.74) is 3.35. The van der Waals surface area contributed by atoms with Crippen LogP contribution in [0.5, 0.6) is 0 Å². The van der Waals surface area contributed by atoms with Gasteiger partial charge in [0.15, 0.2) is 0 Å². The van der Waals surface area contributed by atoms with Crippen molar-refractivity contribution in [2.45, 2.75) is 50.6 Å². The number of benzene rings is 2. The summed E-state index contributed by atoms with van der Waals surface area (Å²) in [4.78, 5) is 14.6. The van der Waals surface area contributed by atoms with E-state index >= 15 is 8.78 Å². The minimum atomic E-state index is -3.89. The lowest BCUT2D eigenvalue weighted by Gasteiger charge is -2.61. The average molecular weight is 475 g/mol. The van der Waals surface area contributed by atoms with E-state index in [2.05, 4.69) is 10.8 Å². The predicted octanol–water partition coefficient (Wildman–Crippen LogP) is 3.77. The lowest BCUT2D eigenvalue weighted by molar-refractivity contribution is -0.178. The first-order chi connectivity index (χ1) is 15.5. The van der Waals surface area contributed by atoms with Gasteiger partial charge in [0.1, 0.15) is 6.04 Å². The summed E-state index contributed by atoms with van der Waals surface area (Å²) in [6.07, 6.45) is 3.30. The van der Waals surface area contributed by atoms with Gasteiger partial charge in [-0.15, -0.1) is 0 Å². The van der Waals surface area contributed by atoms with Crippen LogP contribution in [0.1, 0.15) is 30.4 Å². The van der Waals surface area contributed by atoms with E-state index in [1.54, 1.807) is 0 Å². The minimum Gasteiger partial charge on any atom is -0.331 e. The van der Waals surface area contributed by atoms with E-state index in [1.807, 2.05) is 49.4 Å². The van der Waals surface area contributed by atoms with Gasteiger partial charge < -0.3 is 4.90 Å². The maximum atomic E-state index is 15.1. The number of likely N-dealkylation sites (tertiary alicyclic amines) is 1. The zero-order valence-electron chi connectivity index (χ0n) is 18.7. The maximum absolute atomic E-state index is 15.1. The number of halogens is 2. The average Bonchev–Trinajstić information content (AvgIpc) is 2.89. The van der Waals surface area contributed by atoms with Crippen LogP contribution in [0, 0.1) is 18.3 Å². The number of sulfonamides is 1. The number of carbonyl (C=O) groups excluding carboxylic acids is 1. The van der Waals surface area contributed by atoms with Crippen LogP contribution < -0.4 is 4.72 Å². The smallest absolute Gasteiger partial charge is 0.283 e. The molecule has 1 heterocycles. The number of hydrogen-bond donors (Lipinski definition) is 1. The number of amides is 1. The molecule has 4 aliphatic rings. The Morgan fingerprint density at radius 2 is 1.73 bits per heavy atom. The molecule has 1 N–H and O–H groups in total. The first-order valence-corrected chi connectivity index (χ1v) is 13.2. The molecule has 1 saturated heterocycles. The molecule has 0 spiro atoms. The van der Waals surface area contributed by atoms with Gasteiger partial charge >= 0.3 is 0 Å². The van der Waals surface area contributed by atoms with Crippen molar-refractivity contribution in [3.63, 3.8) is 0 Å². The number of alkyl halides is 2. The molecule has 2 aromatic rings. The fourth-order valence-corrected chi connectivity index (χ4v) is 6.53. The second kappa shape index (κ2) is 7.60. The molecule has 8 heteroatoms. The summed E-state index contributed by atoms with van der Waals surface area (Å²) in [7, 11) is -3.89. The largest absolute Gasteiger partial charge is 0.331 e. The molecule has 2 bridgehead atoms. The molecular weight excluding hydrogens is 446 g/mol. The Hall–Kier alpha value is -2.32. The van der Waals surface area contributed by atoms with E-state index in [9.17, 15) is 13.2 Å². The highest BCUT2D eigenvalue weighted by molar-refractivity contribution is 7.88. The number of nitrogens with one attached hydrogen (secondary N) is 1. The summed E-state index contributed by atoms with van der Waals surface area (Å²) in [5.74, 6) is -3.06. The SMILES string of the molecule is Cc1cccc(-c2cccc(C[C@H]3[C@@H](NS(C)(=O)=O)C(F)(F)CN3C(=O)C34CC(C3)C4)c2)c1. The number of aryl methyl sites for hydroxylation is 1. The van der Waals surface area contributed by atoms with Gasteiger partial charge in [0.05, 0.1) is 24.3 Å². The fraction of sp³-hybridized carbons (Fsp3) is 0.480. The van der Waals surface area contributed by atoms with E-state index in [4.69, 9.17) is 0 Å². The normalized spacial score (nSPS) is 29.9. The van der Waals surface area contributed by atoms with Crippen molar-refractivity contribution in [2.24, 2.45) is 11.3 Å². The Morgan fingerprint density at radius 3 is 2.30 bits per heavy atom. The minimum absolute atomic E-state index is 0.147. The van der Waals surface area contributed by atoms with Crippen LogP contribution in [0.2, 0.25) is 0 Å². The molecule has 0 aromatic heterocycles. The third-order valence-electron chi connectivity index (χ3n) is 7.44. The van der Waals surface area contributed by atoms with Crippen molar-refractivity contribution in [1.82, 2.24) is 9.62 Å². The Labute approximate surface area is 193 Å². The van der Waals surface area contributed by atoms with Crippen molar-refractivity contribution < 1.29 is 22.0 Å². The van der Waals surface area contributed by atoms with Crippen molar-refractivity contribution in [3.8, 4) is 11.1 Å². The summed E-state index contributed by atoms with van der Waals surface area (Å²) >= 11 is 0. The second-order valence-electron chi connectivity index (χ2n) is 10.2. The van der Waals surface area contributed by atoms with Crippen molar-refractivity contribution in [3.05, 3.63) is 59.7 Å². The van der Waals surface area contributed by atoms with Crippen molar-refractivity contribution >= 4 is 15.9 Å². The fourth-order valence-electron chi connectivity index (χ4n) is 5.74. The number of nitrogens with zero attached hydrogens (tertiary/aromatic N) is 1. The number of carbonyl (C=O) groups is 1. The van der Waals surface area contributed by atoms with Gasteiger partial charge in [0.25, 0.3) is 5.92 Å². The highest BCUT2D eigenvalue weighted by Gasteiger charge is 2.66. The lowest BCUT2D eigenvalue weighted by atomic mass is 9.44. The van der Waals surface area contributed by atoms with Crippen LogP contribution in [-0.4, -0.2) is 50.0 Å². The van der Waals surface area contributed by atoms with Crippen LogP contribution in [0.3, 0.4) is 0 Å². The lowest BCUT2D eigenvalue weighted by Crippen LogP contribution is -2.62. The first-order valence-electron chi connectivity index (χ1n) is 11.3. The molecule has 3 saturated carbocycles. The molecule has 5 nitrogen and oxygen atoms in total.